The van der Waals surface area contributed by atoms with Crippen LogP contribution in [0.5, 0.6) is 0 Å². The Morgan fingerprint density at radius 3 is 2.79 bits per heavy atom. The standard InChI is InChI=1S/C12H18N2/c1-9(13)12-8-14-7-10-5-3-2-4-6-11(10)12/h7-9H,2-6,13H2,1H3. The van der Waals surface area contributed by atoms with Crippen molar-refractivity contribution in [2.75, 3.05) is 0 Å². The van der Waals surface area contributed by atoms with Gasteiger partial charge in [-0.15, -0.1) is 0 Å². The number of aryl methyl sites for hydroxylation is 1. The summed E-state index contributed by atoms with van der Waals surface area (Å²) < 4.78 is 0. The first kappa shape index (κ1) is 9.66. The molecular weight excluding hydrogens is 172 g/mol. The predicted octanol–water partition coefficient (Wildman–Crippen LogP) is 2.37. The molecule has 1 aliphatic carbocycles. The number of hydrogen-bond acceptors (Lipinski definition) is 2. The second-order valence-corrected chi connectivity index (χ2v) is 4.22. The molecule has 14 heavy (non-hydrogen) atoms. The van der Waals surface area contributed by atoms with E-state index in [-0.39, 0.29) is 6.04 Å². The fraction of sp³-hybridized carbons (Fsp3) is 0.583. The summed E-state index contributed by atoms with van der Waals surface area (Å²) in [6.45, 7) is 2.04. The third-order valence-corrected chi connectivity index (χ3v) is 3.04. The smallest absolute Gasteiger partial charge is 0.0318 e. The third kappa shape index (κ3) is 1.80. The lowest BCUT2D eigenvalue weighted by Crippen LogP contribution is -2.10. The maximum atomic E-state index is 5.95. The minimum Gasteiger partial charge on any atom is -0.324 e. The van der Waals surface area contributed by atoms with Crippen molar-refractivity contribution < 1.29 is 0 Å². The molecule has 0 bridgehead atoms. The zero-order valence-electron chi connectivity index (χ0n) is 8.79. The number of fused-ring (bicyclic) bond motifs is 1. The van der Waals surface area contributed by atoms with E-state index in [1.165, 1.54) is 48.8 Å². The number of rotatable bonds is 1. The van der Waals surface area contributed by atoms with Crippen molar-refractivity contribution in [3.8, 4) is 0 Å². The minimum atomic E-state index is 0.121. The molecule has 0 fully saturated rings. The molecule has 1 atom stereocenters. The Balaban J connectivity index is 2.42. The molecule has 0 saturated heterocycles. The third-order valence-electron chi connectivity index (χ3n) is 3.04. The highest BCUT2D eigenvalue weighted by molar-refractivity contribution is 5.34. The van der Waals surface area contributed by atoms with E-state index < -0.39 is 0 Å². The van der Waals surface area contributed by atoms with Crippen LogP contribution in [0.4, 0.5) is 0 Å². The largest absolute Gasteiger partial charge is 0.324 e. The van der Waals surface area contributed by atoms with Gasteiger partial charge in [0.1, 0.15) is 0 Å². The van der Waals surface area contributed by atoms with Crippen molar-refractivity contribution in [2.45, 2.75) is 45.1 Å². The molecule has 1 aromatic heterocycles. The first-order valence-corrected chi connectivity index (χ1v) is 5.50. The van der Waals surface area contributed by atoms with E-state index >= 15 is 0 Å². The second kappa shape index (κ2) is 4.09. The molecule has 2 heteroatoms. The number of hydrogen-bond donors (Lipinski definition) is 1. The Kier molecular flexibility index (Phi) is 2.82. The lowest BCUT2D eigenvalue weighted by atomic mass is 9.97. The van der Waals surface area contributed by atoms with Crippen molar-refractivity contribution in [3.63, 3.8) is 0 Å². The number of nitrogens with two attached hydrogens (primary N) is 1. The van der Waals surface area contributed by atoms with Crippen LogP contribution in [0.2, 0.25) is 0 Å². The number of aromatic nitrogens is 1. The maximum absolute atomic E-state index is 5.95. The molecule has 0 aliphatic heterocycles. The Morgan fingerprint density at radius 1 is 1.21 bits per heavy atom. The van der Waals surface area contributed by atoms with Gasteiger partial charge in [0.05, 0.1) is 0 Å². The van der Waals surface area contributed by atoms with Crippen molar-refractivity contribution in [2.24, 2.45) is 5.73 Å². The average Bonchev–Trinajstić information content (AvgIpc) is 2.41. The van der Waals surface area contributed by atoms with Crippen LogP contribution in [0.15, 0.2) is 12.4 Å². The summed E-state index contributed by atoms with van der Waals surface area (Å²) in [6, 6.07) is 0.121. The van der Waals surface area contributed by atoms with Crippen LogP contribution in [0.25, 0.3) is 0 Å². The van der Waals surface area contributed by atoms with Gasteiger partial charge >= 0.3 is 0 Å². The Hall–Kier alpha value is -0.890. The summed E-state index contributed by atoms with van der Waals surface area (Å²) in [5, 5.41) is 0. The van der Waals surface area contributed by atoms with Crippen LogP contribution >= 0.6 is 0 Å². The molecule has 0 spiro atoms. The normalized spacial score (nSPS) is 18.4. The monoisotopic (exact) mass is 190 g/mol. The fourth-order valence-corrected chi connectivity index (χ4v) is 2.26. The average molecular weight is 190 g/mol. The quantitative estimate of drug-likeness (QED) is 0.690. The lowest BCUT2D eigenvalue weighted by Gasteiger charge is -2.14. The lowest BCUT2D eigenvalue weighted by molar-refractivity contribution is 0.707. The first-order valence-electron chi connectivity index (χ1n) is 5.50. The maximum Gasteiger partial charge on any atom is 0.0318 e. The molecule has 0 amide bonds. The van der Waals surface area contributed by atoms with Gasteiger partial charge in [0, 0.05) is 18.4 Å². The number of nitrogens with zero attached hydrogens (tertiary/aromatic N) is 1. The Morgan fingerprint density at radius 2 is 2.00 bits per heavy atom. The van der Waals surface area contributed by atoms with Gasteiger partial charge in [-0.3, -0.25) is 4.98 Å². The van der Waals surface area contributed by atoms with Gasteiger partial charge < -0.3 is 5.73 Å². The van der Waals surface area contributed by atoms with E-state index in [9.17, 15) is 0 Å². The van der Waals surface area contributed by atoms with E-state index in [0.717, 1.165) is 0 Å². The van der Waals surface area contributed by atoms with Crippen LogP contribution < -0.4 is 5.73 Å². The van der Waals surface area contributed by atoms with Gasteiger partial charge in [-0.1, -0.05) is 6.42 Å². The van der Waals surface area contributed by atoms with E-state index in [2.05, 4.69) is 4.98 Å². The zero-order chi connectivity index (χ0) is 9.97. The van der Waals surface area contributed by atoms with E-state index in [1.807, 2.05) is 19.3 Å². The highest BCUT2D eigenvalue weighted by atomic mass is 14.7. The first-order chi connectivity index (χ1) is 6.79. The SMILES string of the molecule is CC(N)c1cncc2c1CCCCC2. The summed E-state index contributed by atoms with van der Waals surface area (Å²) in [5.41, 5.74) is 10.1. The predicted molar refractivity (Wildman–Crippen MR) is 58.1 cm³/mol. The van der Waals surface area contributed by atoms with Crippen molar-refractivity contribution in [1.82, 2.24) is 4.98 Å². The highest BCUT2D eigenvalue weighted by Crippen LogP contribution is 2.25. The van der Waals surface area contributed by atoms with Gasteiger partial charge in [0.2, 0.25) is 0 Å². The van der Waals surface area contributed by atoms with Gasteiger partial charge in [0.15, 0.2) is 0 Å². The van der Waals surface area contributed by atoms with Crippen molar-refractivity contribution >= 4 is 0 Å². The van der Waals surface area contributed by atoms with Gasteiger partial charge in [0.25, 0.3) is 0 Å². The molecule has 0 radical (unpaired) electrons. The molecule has 1 aromatic rings. The molecule has 2 nitrogen and oxygen atoms in total. The minimum absolute atomic E-state index is 0.121. The second-order valence-electron chi connectivity index (χ2n) is 4.22. The topological polar surface area (TPSA) is 38.9 Å². The number of pyridine rings is 1. The van der Waals surface area contributed by atoms with Crippen LogP contribution in [0, 0.1) is 0 Å². The van der Waals surface area contributed by atoms with Gasteiger partial charge in [-0.2, -0.15) is 0 Å². The molecule has 2 rings (SSSR count). The summed E-state index contributed by atoms with van der Waals surface area (Å²) in [5.74, 6) is 0. The molecular formula is C12H18N2. The van der Waals surface area contributed by atoms with Crippen LogP contribution in [-0.2, 0) is 12.8 Å². The van der Waals surface area contributed by atoms with E-state index in [1.54, 1.807) is 0 Å². The van der Waals surface area contributed by atoms with E-state index in [0.29, 0.717) is 0 Å². The molecule has 2 N–H and O–H groups in total. The van der Waals surface area contributed by atoms with Crippen molar-refractivity contribution in [1.29, 1.82) is 0 Å². The molecule has 1 unspecified atom stereocenters. The van der Waals surface area contributed by atoms with Gasteiger partial charge in [-0.05, 0) is 49.3 Å². The summed E-state index contributed by atoms with van der Waals surface area (Å²) in [4.78, 5) is 4.28. The summed E-state index contributed by atoms with van der Waals surface area (Å²) >= 11 is 0. The summed E-state index contributed by atoms with van der Waals surface area (Å²) in [6.07, 6.45) is 10.3. The van der Waals surface area contributed by atoms with Crippen LogP contribution in [0.3, 0.4) is 0 Å². The molecule has 0 aromatic carbocycles. The van der Waals surface area contributed by atoms with Crippen LogP contribution in [0.1, 0.15) is 48.9 Å². The molecule has 76 valence electrons. The van der Waals surface area contributed by atoms with Gasteiger partial charge in [-0.25, -0.2) is 0 Å². The Labute approximate surface area is 85.5 Å². The fourth-order valence-electron chi connectivity index (χ4n) is 2.26. The van der Waals surface area contributed by atoms with E-state index in [4.69, 9.17) is 5.73 Å². The summed E-state index contributed by atoms with van der Waals surface area (Å²) in [7, 11) is 0. The molecule has 1 aliphatic rings. The zero-order valence-corrected chi connectivity index (χ0v) is 8.79. The Bertz CT molecular complexity index is 318. The van der Waals surface area contributed by atoms with Crippen LogP contribution in [-0.4, -0.2) is 4.98 Å². The van der Waals surface area contributed by atoms with Crippen molar-refractivity contribution in [3.05, 3.63) is 29.1 Å². The molecule has 1 heterocycles. The highest BCUT2D eigenvalue weighted by Gasteiger charge is 2.14. The molecule has 0 saturated carbocycles.